The fourth-order valence-corrected chi connectivity index (χ4v) is 2.01. The molecule has 0 radical (unpaired) electrons. The Morgan fingerprint density at radius 1 is 1.11 bits per heavy atom. The van der Waals surface area contributed by atoms with Gasteiger partial charge in [-0.15, -0.1) is 0 Å². The Morgan fingerprint density at radius 3 is 2.21 bits per heavy atom. The summed E-state index contributed by atoms with van der Waals surface area (Å²) in [5.41, 5.74) is 0.160. The average Bonchev–Trinajstić information content (AvgIpc) is 2.29. The molecule has 1 rings (SSSR count). The van der Waals surface area contributed by atoms with Gasteiger partial charge in [0.25, 0.3) is 0 Å². The van der Waals surface area contributed by atoms with Gasteiger partial charge < -0.3 is 20.4 Å². The third kappa shape index (κ3) is 4.11. The van der Waals surface area contributed by atoms with E-state index in [2.05, 4.69) is 0 Å². The molecule has 0 aromatic heterocycles. The van der Waals surface area contributed by atoms with E-state index in [9.17, 15) is 20.4 Å². The second-order valence-electron chi connectivity index (χ2n) is 5.85. The topological polar surface area (TPSA) is 80.9 Å². The van der Waals surface area contributed by atoms with Crippen molar-refractivity contribution in [3.8, 4) is 11.5 Å². The van der Waals surface area contributed by atoms with Crippen LogP contribution < -0.4 is 0 Å². The molecule has 1 aromatic carbocycles. The van der Waals surface area contributed by atoms with Crippen molar-refractivity contribution in [2.45, 2.75) is 58.2 Å². The Balaban J connectivity index is 2.74. The molecule has 108 valence electrons. The summed E-state index contributed by atoms with van der Waals surface area (Å²) in [6.07, 6.45) is 0.232. The zero-order valence-corrected chi connectivity index (χ0v) is 12.0. The molecule has 0 saturated carbocycles. The minimum atomic E-state index is -1.13. The normalized spacial score (nSPS) is 15.3. The number of rotatable bonds is 5. The van der Waals surface area contributed by atoms with E-state index >= 15 is 0 Å². The first kappa shape index (κ1) is 15.8. The Morgan fingerprint density at radius 2 is 1.68 bits per heavy atom. The molecule has 2 unspecified atom stereocenters. The van der Waals surface area contributed by atoms with Crippen molar-refractivity contribution in [1.82, 2.24) is 0 Å². The van der Waals surface area contributed by atoms with Crippen LogP contribution in [0.2, 0.25) is 0 Å². The van der Waals surface area contributed by atoms with E-state index < -0.39 is 11.7 Å². The second kappa shape index (κ2) is 5.80. The van der Waals surface area contributed by atoms with E-state index in [1.165, 1.54) is 6.07 Å². The van der Waals surface area contributed by atoms with Crippen LogP contribution in [0.25, 0.3) is 0 Å². The summed E-state index contributed by atoms with van der Waals surface area (Å²) in [4.78, 5) is 0. The summed E-state index contributed by atoms with van der Waals surface area (Å²) in [5.74, 6) is 0.298. The highest BCUT2D eigenvalue weighted by Gasteiger charge is 2.25. The molecule has 0 spiro atoms. The summed E-state index contributed by atoms with van der Waals surface area (Å²) in [6.45, 7) is 6.78. The van der Waals surface area contributed by atoms with E-state index in [0.717, 1.165) is 0 Å². The molecule has 2 atom stereocenters. The van der Waals surface area contributed by atoms with E-state index in [0.29, 0.717) is 24.0 Å². The zero-order valence-electron chi connectivity index (χ0n) is 12.0. The van der Waals surface area contributed by atoms with Gasteiger partial charge in [-0.2, -0.15) is 0 Å². The molecular weight excluding hydrogens is 244 g/mol. The van der Waals surface area contributed by atoms with Crippen molar-refractivity contribution in [3.05, 3.63) is 23.3 Å². The number of phenolic OH excluding ortho intramolecular Hbond substituents is 2. The van der Waals surface area contributed by atoms with Gasteiger partial charge in [-0.05, 0) is 57.2 Å². The number of aliphatic hydroxyl groups is 2. The predicted molar refractivity (Wildman–Crippen MR) is 74.5 cm³/mol. The molecule has 0 saturated heterocycles. The van der Waals surface area contributed by atoms with Crippen molar-refractivity contribution >= 4 is 0 Å². The lowest BCUT2D eigenvalue weighted by atomic mass is 9.89. The van der Waals surface area contributed by atoms with Gasteiger partial charge in [0.2, 0.25) is 0 Å². The summed E-state index contributed by atoms with van der Waals surface area (Å²) < 4.78 is 0. The van der Waals surface area contributed by atoms with Gasteiger partial charge in [-0.1, -0.05) is 6.92 Å². The fraction of sp³-hybridized carbons (Fsp3) is 0.600. The lowest BCUT2D eigenvalue weighted by Gasteiger charge is -2.25. The van der Waals surface area contributed by atoms with E-state index in [1.807, 2.05) is 6.92 Å². The smallest absolute Gasteiger partial charge is 0.119 e. The average molecular weight is 268 g/mol. The molecule has 4 nitrogen and oxygen atoms in total. The third-order valence-corrected chi connectivity index (χ3v) is 3.56. The SMILES string of the molecule is Cc1cc(O)c(C(C)CCC(O)C(C)(C)O)cc1O. The van der Waals surface area contributed by atoms with Crippen LogP contribution in [0.1, 0.15) is 50.7 Å². The van der Waals surface area contributed by atoms with Crippen molar-refractivity contribution in [2.75, 3.05) is 0 Å². The third-order valence-electron chi connectivity index (χ3n) is 3.56. The van der Waals surface area contributed by atoms with Crippen molar-refractivity contribution in [2.24, 2.45) is 0 Å². The lowest BCUT2D eigenvalue weighted by molar-refractivity contribution is -0.0525. The maximum absolute atomic E-state index is 9.89. The number of aromatic hydroxyl groups is 2. The standard InChI is InChI=1S/C15H24O4/c1-9(5-6-14(18)15(3,4)19)11-8-12(16)10(2)7-13(11)17/h7-9,14,16-19H,5-6H2,1-4H3. The Labute approximate surface area is 114 Å². The van der Waals surface area contributed by atoms with Gasteiger partial charge >= 0.3 is 0 Å². The number of aryl methyl sites for hydroxylation is 1. The first-order chi connectivity index (χ1) is 8.62. The first-order valence-electron chi connectivity index (χ1n) is 6.55. The minimum absolute atomic E-state index is 0.0106. The number of benzene rings is 1. The van der Waals surface area contributed by atoms with Crippen molar-refractivity contribution < 1.29 is 20.4 Å². The zero-order chi connectivity index (χ0) is 14.8. The Bertz CT molecular complexity index is 435. The van der Waals surface area contributed by atoms with Gasteiger partial charge in [0.1, 0.15) is 11.5 Å². The van der Waals surface area contributed by atoms with Gasteiger partial charge in [0.05, 0.1) is 11.7 Å². The predicted octanol–water partition coefficient (Wildman–Crippen LogP) is 2.42. The molecule has 0 aliphatic rings. The van der Waals surface area contributed by atoms with E-state index in [1.54, 1.807) is 26.8 Å². The van der Waals surface area contributed by atoms with E-state index in [4.69, 9.17) is 0 Å². The van der Waals surface area contributed by atoms with Gasteiger partial charge in [0, 0.05) is 5.56 Å². The lowest BCUT2D eigenvalue weighted by Crippen LogP contribution is -2.35. The van der Waals surface area contributed by atoms with Gasteiger partial charge in [0.15, 0.2) is 0 Å². The molecule has 0 bridgehead atoms. The molecular formula is C15H24O4. The highest BCUT2D eigenvalue weighted by Crippen LogP contribution is 2.34. The summed E-state index contributed by atoms with van der Waals surface area (Å²) in [6, 6.07) is 3.10. The molecule has 4 N–H and O–H groups in total. The van der Waals surface area contributed by atoms with Crippen LogP contribution in [0.5, 0.6) is 11.5 Å². The summed E-state index contributed by atoms with van der Waals surface area (Å²) >= 11 is 0. The molecule has 0 amide bonds. The highest BCUT2D eigenvalue weighted by atomic mass is 16.3. The van der Waals surface area contributed by atoms with Gasteiger partial charge in [-0.3, -0.25) is 0 Å². The number of aliphatic hydroxyl groups excluding tert-OH is 1. The van der Waals surface area contributed by atoms with Crippen LogP contribution >= 0.6 is 0 Å². The highest BCUT2D eigenvalue weighted by molar-refractivity contribution is 5.45. The summed E-state index contributed by atoms with van der Waals surface area (Å²) in [5, 5.41) is 39.0. The Kier molecular flexibility index (Phi) is 4.82. The molecule has 1 aromatic rings. The monoisotopic (exact) mass is 268 g/mol. The number of hydrogen-bond acceptors (Lipinski definition) is 4. The van der Waals surface area contributed by atoms with Crippen LogP contribution in [-0.4, -0.2) is 32.1 Å². The Hall–Kier alpha value is -1.26. The van der Waals surface area contributed by atoms with Gasteiger partial charge in [-0.25, -0.2) is 0 Å². The maximum Gasteiger partial charge on any atom is 0.119 e. The van der Waals surface area contributed by atoms with Crippen LogP contribution in [0, 0.1) is 6.92 Å². The molecule has 0 aliphatic carbocycles. The largest absolute Gasteiger partial charge is 0.508 e. The molecule has 0 fully saturated rings. The van der Waals surface area contributed by atoms with Crippen LogP contribution in [-0.2, 0) is 0 Å². The fourth-order valence-electron chi connectivity index (χ4n) is 2.01. The second-order valence-corrected chi connectivity index (χ2v) is 5.85. The van der Waals surface area contributed by atoms with Crippen LogP contribution in [0.15, 0.2) is 12.1 Å². The molecule has 0 aliphatic heterocycles. The molecule has 4 heteroatoms. The number of hydrogen-bond donors (Lipinski definition) is 4. The van der Waals surface area contributed by atoms with Crippen molar-refractivity contribution in [1.29, 1.82) is 0 Å². The quantitative estimate of drug-likeness (QED) is 0.618. The van der Waals surface area contributed by atoms with Crippen LogP contribution in [0.3, 0.4) is 0 Å². The first-order valence-corrected chi connectivity index (χ1v) is 6.55. The maximum atomic E-state index is 9.89. The molecule has 19 heavy (non-hydrogen) atoms. The summed E-state index contributed by atoms with van der Waals surface area (Å²) in [7, 11) is 0. The van der Waals surface area contributed by atoms with Crippen LogP contribution in [0.4, 0.5) is 0 Å². The van der Waals surface area contributed by atoms with E-state index in [-0.39, 0.29) is 17.4 Å². The molecule has 0 heterocycles. The van der Waals surface area contributed by atoms with Crippen molar-refractivity contribution in [3.63, 3.8) is 0 Å². The minimum Gasteiger partial charge on any atom is -0.508 e. The number of phenols is 2.